The van der Waals surface area contributed by atoms with Gasteiger partial charge >= 0.3 is 121 Å². The van der Waals surface area contributed by atoms with Crippen molar-refractivity contribution < 1.29 is 9.59 Å². The van der Waals surface area contributed by atoms with Crippen LogP contribution >= 0.6 is 23.1 Å². The third-order valence-corrected chi connectivity index (χ3v) is 6.10. The summed E-state index contributed by atoms with van der Waals surface area (Å²) in [6, 6.07) is 0. The molecule has 18 heavy (non-hydrogen) atoms. The molecular weight excluding hydrogens is 281 g/mol. The first-order chi connectivity index (χ1) is 8.39. The fourth-order valence-corrected chi connectivity index (χ4v) is 4.82. The van der Waals surface area contributed by atoms with Crippen LogP contribution in [0.3, 0.4) is 0 Å². The molecule has 94 valence electrons. The Labute approximate surface area is 121 Å². The zero-order chi connectivity index (χ0) is 13.5. The molecule has 0 spiro atoms. The second-order valence-electron chi connectivity index (χ2n) is 4.86. The quantitative estimate of drug-likeness (QED) is 0.683. The molecule has 1 amide bonds. The van der Waals surface area contributed by atoms with Crippen molar-refractivity contribution in [2.45, 2.75) is 30.0 Å². The van der Waals surface area contributed by atoms with Crippen molar-refractivity contribution in [3.63, 3.8) is 0 Å². The maximum atomic E-state index is 12.2. The van der Waals surface area contributed by atoms with E-state index in [0.717, 1.165) is 14.6 Å². The summed E-state index contributed by atoms with van der Waals surface area (Å²) in [5, 5.41) is 6.73. The molecule has 0 bridgehead atoms. The molecule has 0 saturated heterocycles. The zero-order valence-electron chi connectivity index (χ0n) is 10.6. The Morgan fingerprint density at radius 1 is 1.56 bits per heavy atom. The van der Waals surface area contributed by atoms with E-state index in [4.69, 9.17) is 0 Å². The molecule has 1 aromatic rings. The number of amides is 1. The number of carbonyl (C=O) groups is 2. The van der Waals surface area contributed by atoms with Crippen LogP contribution in [0, 0.1) is 0 Å². The molecule has 2 rings (SSSR count). The maximum absolute atomic E-state index is 12.2. The predicted octanol–water partition coefficient (Wildman–Crippen LogP) is 1.81. The van der Waals surface area contributed by atoms with Crippen molar-refractivity contribution in [2.75, 3.05) is 6.26 Å². The first-order valence-electron chi connectivity index (χ1n) is 5.58. The van der Waals surface area contributed by atoms with Crippen molar-refractivity contribution in [3.8, 4) is 0 Å². The Kier molecular flexibility index (Phi) is 3.84. The van der Waals surface area contributed by atoms with E-state index in [1.807, 2.05) is 20.1 Å². The summed E-state index contributed by atoms with van der Waals surface area (Å²) in [5.74, 6) is -0.0556. The van der Waals surface area contributed by atoms with Gasteiger partial charge in [0.15, 0.2) is 0 Å². The van der Waals surface area contributed by atoms with E-state index in [2.05, 4.69) is 10.7 Å². The van der Waals surface area contributed by atoms with E-state index in [9.17, 15) is 9.59 Å². The Balaban J connectivity index is 2.64. The number of hydrogen-bond donors (Lipinski definition) is 1. The van der Waals surface area contributed by atoms with Crippen LogP contribution in [0.4, 0.5) is 0 Å². The van der Waals surface area contributed by atoms with Gasteiger partial charge in [0.25, 0.3) is 0 Å². The first-order valence-corrected chi connectivity index (χ1v) is 9.02. The molecule has 0 unspecified atom stereocenters. The molecule has 1 aliphatic heterocycles. The summed E-state index contributed by atoms with van der Waals surface area (Å²) in [4.78, 5) is 24.9. The minimum absolute atomic E-state index is 0.0556. The third kappa shape index (κ3) is 2.35. The van der Waals surface area contributed by atoms with Gasteiger partial charge in [-0.05, 0) is 0 Å². The molecule has 0 fully saturated rings. The molecule has 0 atom stereocenters. The molecule has 1 aromatic heterocycles. The topological polar surface area (TPSA) is 46.2 Å². The SMILES string of the molecule is [CH2]=[Al][C](=O)c1sc(SC)c2c1CC(C)(C)NC2=O. The molecule has 6 heteroatoms. The Morgan fingerprint density at radius 2 is 2.22 bits per heavy atom. The molecule has 0 aliphatic carbocycles. The number of carbonyl (C=O) groups excluding carboxylic acids is 2. The van der Waals surface area contributed by atoms with E-state index in [-0.39, 0.29) is 16.1 Å². The van der Waals surface area contributed by atoms with Crippen LogP contribution in [0.15, 0.2) is 4.21 Å². The minimum atomic E-state index is -0.479. The standard InChI is InChI=1S/C11H12NO2S2.CH2.Al/c1-11(2)4-6-7(5-13)16-10(15-3)8(6)9(14)12-11;;/h4H2,1-3H3,(H,12,14);1H2;. The molecule has 1 aliphatic rings. The van der Waals surface area contributed by atoms with Crippen molar-refractivity contribution in [1.82, 2.24) is 5.32 Å². The summed E-state index contributed by atoms with van der Waals surface area (Å²) in [6.45, 7) is 3.96. The van der Waals surface area contributed by atoms with Crippen LogP contribution in [-0.4, -0.2) is 42.5 Å². The van der Waals surface area contributed by atoms with Crippen LogP contribution < -0.4 is 5.32 Å². The van der Waals surface area contributed by atoms with E-state index in [1.165, 1.54) is 23.1 Å². The van der Waals surface area contributed by atoms with Gasteiger partial charge in [0.05, 0.1) is 0 Å². The average Bonchev–Trinajstić information content (AvgIpc) is 2.65. The van der Waals surface area contributed by atoms with Gasteiger partial charge in [-0.1, -0.05) is 0 Å². The summed E-state index contributed by atoms with van der Waals surface area (Å²) < 4.78 is 1.05. The van der Waals surface area contributed by atoms with Gasteiger partial charge in [-0.3, -0.25) is 0 Å². The molecule has 3 nitrogen and oxygen atoms in total. The molecule has 0 saturated carbocycles. The van der Waals surface area contributed by atoms with Crippen LogP contribution in [0.1, 0.15) is 39.4 Å². The number of thiophene rings is 1. The van der Waals surface area contributed by atoms with E-state index in [1.54, 1.807) is 0 Å². The van der Waals surface area contributed by atoms with Crippen molar-refractivity contribution in [1.29, 1.82) is 0 Å². The van der Waals surface area contributed by atoms with Gasteiger partial charge < -0.3 is 0 Å². The Hall–Kier alpha value is -0.408. The van der Waals surface area contributed by atoms with Gasteiger partial charge in [-0.15, -0.1) is 0 Å². The third-order valence-electron chi connectivity index (χ3n) is 2.87. The predicted molar refractivity (Wildman–Crippen MR) is 78.6 cm³/mol. The van der Waals surface area contributed by atoms with E-state index in [0.29, 0.717) is 12.0 Å². The average molecular weight is 295 g/mol. The number of rotatable bonds is 3. The molecular formula is C12H14AlNO2S2. The van der Waals surface area contributed by atoms with Gasteiger partial charge in [0.2, 0.25) is 0 Å². The van der Waals surface area contributed by atoms with Gasteiger partial charge in [0.1, 0.15) is 0 Å². The van der Waals surface area contributed by atoms with Gasteiger partial charge in [0, 0.05) is 0 Å². The first kappa shape index (κ1) is 14.0. The normalized spacial score (nSPS) is 16.7. The van der Waals surface area contributed by atoms with Crippen molar-refractivity contribution in [2.24, 2.45) is 0 Å². The van der Waals surface area contributed by atoms with Crippen LogP contribution in [0.2, 0.25) is 0 Å². The number of nitrogens with one attached hydrogen (secondary N) is 1. The number of thioether (sulfide) groups is 1. The zero-order valence-corrected chi connectivity index (χ0v) is 13.4. The van der Waals surface area contributed by atoms with Crippen molar-refractivity contribution >= 4 is 53.8 Å². The summed E-state index contributed by atoms with van der Waals surface area (Å²) >= 11 is 2.50. The van der Waals surface area contributed by atoms with E-state index >= 15 is 0 Å². The monoisotopic (exact) mass is 295 g/mol. The molecule has 1 N–H and O–H groups in total. The van der Waals surface area contributed by atoms with Crippen molar-refractivity contribution in [3.05, 3.63) is 16.0 Å². The Morgan fingerprint density at radius 3 is 2.78 bits per heavy atom. The van der Waals surface area contributed by atoms with Crippen LogP contribution in [-0.2, 0) is 6.42 Å². The molecule has 0 radical (unpaired) electrons. The van der Waals surface area contributed by atoms with E-state index < -0.39 is 14.8 Å². The Bertz CT molecular complexity index is 549. The fraction of sp³-hybridized carbons (Fsp3) is 0.417. The molecule has 2 heterocycles. The number of hydrogen-bond acceptors (Lipinski definition) is 4. The summed E-state index contributed by atoms with van der Waals surface area (Å²) in [6.07, 6.45) is 2.65. The second-order valence-corrected chi connectivity index (χ2v) is 7.89. The van der Waals surface area contributed by atoms with Crippen LogP contribution in [0.5, 0.6) is 0 Å². The fourth-order valence-electron chi connectivity index (χ4n) is 2.13. The summed E-state index contributed by atoms with van der Waals surface area (Å²) in [5.41, 5.74) is 1.36. The van der Waals surface area contributed by atoms with Gasteiger partial charge in [-0.2, -0.15) is 0 Å². The second kappa shape index (κ2) is 4.93. The van der Waals surface area contributed by atoms with Crippen LogP contribution in [0.25, 0.3) is 0 Å². The number of fused-ring (bicyclic) bond motifs is 1. The molecule has 0 aromatic carbocycles. The van der Waals surface area contributed by atoms with Gasteiger partial charge in [-0.25, -0.2) is 0 Å². The summed E-state index contributed by atoms with van der Waals surface area (Å²) in [7, 11) is 0.